The third-order valence-corrected chi connectivity index (χ3v) is 5.13. The summed E-state index contributed by atoms with van der Waals surface area (Å²) in [5.74, 6) is 2.63. The van der Waals surface area contributed by atoms with Gasteiger partial charge in [0.2, 0.25) is 0 Å². The molecule has 0 aliphatic carbocycles. The lowest BCUT2D eigenvalue weighted by Crippen LogP contribution is -2.25. The number of pyridine rings is 1. The predicted octanol–water partition coefficient (Wildman–Crippen LogP) is 1.77. The molecule has 0 aliphatic rings. The number of phenols is 2. The van der Waals surface area contributed by atoms with Crippen LogP contribution in [0.4, 0.5) is 5.69 Å². The molecule has 182 valence electrons. The zero-order valence-corrected chi connectivity index (χ0v) is 18.3. The molecule has 13 heteroatoms. The second-order valence-electron chi connectivity index (χ2n) is 7.52. The molecule has 8 N–H and O–H groups in total. The molecule has 36 heavy (non-hydrogen) atoms. The van der Waals surface area contributed by atoms with E-state index in [9.17, 15) is 19.8 Å². The smallest absolute Gasteiger partial charge is 0.339 e. The summed E-state index contributed by atoms with van der Waals surface area (Å²) >= 11 is 0. The van der Waals surface area contributed by atoms with Gasteiger partial charge in [-0.15, -0.1) is 5.10 Å². The monoisotopic (exact) mass is 489 g/mol. The Bertz CT molecular complexity index is 1510. The fraction of sp³-hybridized carbons (Fsp3) is 0. The van der Waals surface area contributed by atoms with E-state index in [-0.39, 0.29) is 16.8 Å². The number of hydrogen-bond donors (Lipinski definition) is 6. The van der Waals surface area contributed by atoms with Gasteiger partial charge in [-0.25, -0.2) is 20.1 Å². The van der Waals surface area contributed by atoms with Crippen LogP contribution in [0.2, 0.25) is 0 Å². The van der Waals surface area contributed by atoms with Gasteiger partial charge >= 0.3 is 11.9 Å². The highest BCUT2D eigenvalue weighted by Gasteiger charge is 2.14. The Hall–Kier alpha value is -5.43. The second kappa shape index (κ2) is 9.44. The van der Waals surface area contributed by atoms with Crippen LogP contribution in [0, 0.1) is 0 Å². The molecule has 4 rings (SSSR count). The first-order valence-corrected chi connectivity index (χ1v) is 10.2. The van der Waals surface area contributed by atoms with Crippen molar-refractivity contribution in [2.75, 3.05) is 5.01 Å². The van der Waals surface area contributed by atoms with Crippen molar-refractivity contribution in [3.63, 3.8) is 0 Å². The van der Waals surface area contributed by atoms with Gasteiger partial charge in [-0.1, -0.05) is 5.21 Å². The van der Waals surface area contributed by atoms with Crippen molar-refractivity contribution in [2.45, 2.75) is 0 Å². The van der Waals surface area contributed by atoms with Gasteiger partial charge in [-0.2, -0.15) is 0 Å². The van der Waals surface area contributed by atoms with Crippen molar-refractivity contribution in [1.29, 1.82) is 0 Å². The number of hydrazine groups is 1. The van der Waals surface area contributed by atoms with Crippen LogP contribution < -0.4 is 16.6 Å². The Balaban J connectivity index is 1.57. The van der Waals surface area contributed by atoms with Gasteiger partial charge in [0.25, 0.3) is 0 Å². The normalized spacial score (nSPS) is 11.3. The maximum absolute atomic E-state index is 11.1. The zero-order chi connectivity index (χ0) is 26.0. The van der Waals surface area contributed by atoms with Gasteiger partial charge in [-0.05, 0) is 30.3 Å². The topological polar surface area (TPSA) is 214 Å². The number of hydrogen-bond acceptors (Lipinski definition) is 10. The van der Waals surface area contributed by atoms with Gasteiger partial charge in [0.05, 0.1) is 23.3 Å². The molecule has 0 aliphatic heterocycles. The number of aromatic hydroxyl groups is 2. The molecule has 4 aromatic rings. The van der Waals surface area contributed by atoms with Crippen LogP contribution in [0.15, 0.2) is 67.3 Å². The van der Waals surface area contributed by atoms with Crippen LogP contribution >= 0.6 is 0 Å². The van der Waals surface area contributed by atoms with Crippen molar-refractivity contribution in [3.8, 4) is 28.4 Å². The molecule has 0 amide bonds. The molecule has 0 spiro atoms. The van der Waals surface area contributed by atoms with Crippen LogP contribution in [0.25, 0.3) is 22.6 Å². The molecule has 0 unspecified atom stereocenters. The SMILES string of the molecule is N/C(=C\N(N)c1ccc(C(=O)O)c(O)c1)c1cncc(-c2cn(-c3ccc(C(=O)O)c(O)c3)nn2)c1. The number of benzene rings is 2. The molecule has 2 aromatic carbocycles. The summed E-state index contributed by atoms with van der Waals surface area (Å²) in [7, 11) is 0. The molecule has 0 bridgehead atoms. The summed E-state index contributed by atoms with van der Waals surface area (Å²) in [6.07, 6.45) is 5.98. The number of anilines is 1. The molecular formula is C23H19N7O6. The van der Waals surface area contributed by atoms with Gasteiger partial charge in [0.15, 0.2) is 0 Å². The first-order chi connectivity index (χ1) is 17.1. The Morgan fingerprint density at radius 1 is 0.944 bits per heavy atom. The summed E-state index contributed by atoms with van der Waals surface area (Å²) in [5, 5.41) is 47.1. The maximum atomic E-state index is 11.1. The van der Waals surface area contributed by atoms with Gasteiger partial charge in [-0.3, -0.25) is 9.99 Å². The first kappa shape index (κ1) is 23.7. The molecule has 0 saturated carbocycles. The first-order valence-electron chi connectivity index (χ1n) is 10.2. The predicted molar refractivity (Wildman–Crippen MR) is 127 cm³/mol. The fourth-order valence-corrected chi connectivity index (χ4v) is 3.26. The van der Waals surface area contributed by atoms with E-state index in [0.29, 0.717) is 28.2 Å². The van der Waals surface area contributed by atoms with Crippen LogP contribution in [-0.4, -0.2) is 52.3 Å². The third-order valence-electron chi connectivity index (χ3n) is 5.13. The number of aromatic carboxylic acids is 2. The van der Waals surface area contributed by atoms with Crippen molar-refractivity contribution in [3.05, 3.63) is 83.9 Å². The van der Waals surface area contributed by atoms with Crippen LogP contribution in [0.1, 0.15) is 26.3 Å². The van der Waals surface area contributed by atoms with E-state index in [1.165, 1.54) is 53.5 Å². The van der Waals surface area contributed by atoms with E-state index in [0.717, 1.165) is 5.01 Å². The lowest BCUT2D eigenvalue weighted by atomic mass is 10.1. The lowest BCUT2D eigenvalue weighted by molar-refractivity contribution is 0.0682. The van der Waals surface area contributed by atoms with Crippen molar-refractivity contribution >= 4 is 23.3 Å². The molecule has 2 heterocycles. The highest BCUT2D eigenvalue weighted by Crippen LogP contribution is 2.26. The van der Waals surface area contributed by atoms with Crippen LogP contribution in [0.5, 0.6) is 11.5 Å². The maximum Gasteiger partial charge on any atom is 0.339 e. The lowest BCUT2D eigenvalue weighted by Gasteiger charge is -2.16. The van der Waals surface area contributed by atoms with E-state index in [1.54, 1.807) is 18.5 Å². The van der Waals surface area contributed by atoms with E-state index in [2.05, 4.69) is 15.3 Å². The molecule has 13 nitrogen and oxygen atoms in total. The number of carbonyl (C=O) groups is 2. The number of nitrogens with two attached hydrogens (primary N) is 2. The van der Waals surface area contributed by atoms with E-state index in [1.807, 2.05) is 0 Å². The molecule has 0 fully saturated rings. The highest BCUT2D eigenvalue weighted by atomic mass is 16.4. The number of nitrogens with zero attached hydrogens (tertiary/aromatic N) is 5. The summed E-state index contributed by atoms with van der Waals surface area (Å²) in [4.78, 5) is 26.3. The number of aromatic nitrogens is 4. The Labute approximate surface area is 202 Å². The zero-order valence-electron chi connectivity index (χ0n) is 18.3. The number of rotatable bonds is 7. The minimum absolute atomic E-state index is 0.218. The quantitative estimate of drug-likeness (QED) is 0.162. The second-order valence-corrected chi connectivity index (χ2v) is 7.52. The largest absolute Gasteiger partial charge is 0.507 e. The van der Waals surface area contributed by atoms with Crippen molar-refractivity contribution < 1.29 is 30.0 Å². The van der Waals surface area contributed by atoms with E-state index in [4.69, 9.17) is 21.8 Å². The standard InChI is InChI=1S/C23H19N7O6/c24-18(10-29(25)14-1-3-16(22(33)34)20(31)6-14)12-5-13(9-26-8-12)19-11-30(28-27-19)15-2-4-17(23(35)36)21(32)7-15/h1-11,31-32H,24-25H2,(H,33,34)(H,35,36)/b18-10-. The molecule has 0 atom stereocenters. The van der Waals surface area contributed by atoms with Crippen LogP contribution in [-0.2, 0) is 0 Å². The summed E-state index contributed by atoms with van der Waals surface area (Å²) in [6, 6.07) is 9.52. The highest BCUT2D eigenvalue weighted by molar-refractivity contribution is 5.92. The van der Waals surface area contributed by atoms with E-state index < -0.39 is 23.4 Å². The fourth-order valence-electron chi connectivity index (χ4n) is 3.26. The van der Waals surface area contributed by atoms with Crippen LogP contribution in [0.3, 0.4) is 0 Å². The van der Waals surface area contributed by atoms with Gasteiger partial charge < -0.3 is 26.2 Å². The minimum Gasteiger partial charge on any atom is -0.507 e. The Morgan fingerprint density at radius 3 is 2.25 bits per heavy atom. The molecule has 0 radical (unpaired) electrons. The molecule has 0 saturated heterocycles. The summed E-state index contributed by atoms with van der Waals surface area (Å²) in [5.41, 5.74) is 8.07. The molecule has 2 aromatic heterocycles. The third kappa shape index (κ3) is 4.76. The average molecular weight is 489 g/mol. The van der Waals surface area contributed by atoms with Gasteiger partial charge in [0, 0.05) is 41.9 Å². The summed E-state index contributed by atoms with van der Waals surface area (Å²) in [6.45, 7) is 0. The van der Waals surface area contributed by atoms with Crippen molar-refractivity contribution in [2.24, 2.45) is 11.6 Å². The number of carboxylic acid groups (broad SMARTS) is 2. The average Bonchev–Trinajstić information content (AvgIpc) is 3.34. The van der Waals surface area contributed by atoms with E-state index >= 15 is 0 Å². The number of carboxylic acids is 2. The Kier molecular flexibility index (Phi) is 6.22. The summed E-state index contributed by atoms with van der Waals surface area (Å²) < 4.78 is 1.36. The Morgan fingerprint density at radius 2 is 1.61 bits per heavy atom. The molecular weight excluding hydrogens is 470 g/mol. The van der Waals surface area contributed by atoms with Crippen molar-refractivity contribution in [1.82, 2.24) is 20.0 Å². The van der Waals surface area contributed by atoms with Gasteiger partial charge in [0.1, 0.15) is 28.3 Å². The minimum atomic E-state index is -1.27.